The second kappa shape index (κ2) is 5.01. The van der Waals surface area contributed by atoms with Crippen LogP contribution < -0.4 is 21.5 Å². The fourth-order valence-corrected chi connectivity index (χ4v) is 2.10. The van der Waals surface area contributed by atoms with Crippen LogP contribution in [0.1, 0.15) is 13.3 Å². The molecule has 2 rings (SSSR count). The van der Waals surface area contributed by atoms with Gasteiger partial charge in [0.1, 0.15) is 5.82 Å². The minimum Gasteiger partial charge on any atom is -0.369 e. The van der Waals surface area contributed by atoms with Gasteiger partial charge in [0.25, 0.3) is 0 Å². The monoisotopic (exact) mass is 235 g/mol. The predicted octanol–water partition coefficient (Wildman–Crippen LogP) is 0.0820. The number of rotatable bonds is 3. The summed E-state index contributed by atoms with van der Waals surface area (Å²) in [6.07, 6.45) is 2.68. The van der Waals surface area contributed by atoms with Gasteiger partial charge in [0, 0.05) is 44.0 Å². The van der Waals surface area contributed by atoms with Crippen molar-refractivity contribution in [1.82, 2.24) is 10.3 Å². The van der Waals surface area contributed by atoms with Crippen LogP contribution >= 0.6 is 0 Å². The molecule has 1 aromatic heterocycles. The van der Waals surface area contributed by atoms with E-state index in [9.17, 15) is 4.79 Å². The van der Waals surface area contributed by atoms with Gasteiger partial charge < -0.3 is 15.6 Å². The number of amides is 1. The Morgan fingerprint density at radius 2 is 2.47 bits per heavy atom. The van der Waals surface area contributed by atoms with E-state index in [4.69, 9.17) is 5.84 Å². The predicted molar refractivity (Wildman–Crippen MR) is 66.5 cm³/mol. The number of carbonyl (C=O) groups is 1. The summed E-state index contributed by atoms with van der Waals surface area (Å²) in [5.74, 6) is 5.99. The number of nitrogens with one attached hydrogen (secondary N) is 2. The van der Waals surface area contributed by atoms with Crippen molar-refractivity contribution in [3.8, 4) is 0 Å². The van der Waals surface area contributed by atoms with E-state index >= 15 is 0 Å². The summed E-state index contributed by atoms with van der Waals surface area (Å²) in [5, 5.41) is 2.93. The van der Waals surface area contributed by atoms with Gasteiger partial charge in [0.15, 0.2) is 0 Å². The van der Waals surface area contributed by atoms with Crippen LogP contribution in [0.2, 0.25) is 0 Å². The van der Waals surface area contributed by atoms with E-state index in [1.807, 2.05) is 12.1 Å². The molecule has 6 nitrogen and oxygen atoms in total. The van der Waals surface area contributed by atoms with Crippen molar-refractivity contribution in [3.63, 3.8) is 0 Å². The van der Waals surface area contributed by atoms with Gasteiger partial charge in [-0.2, -0.15) is 0 Å². The maximum atomic E-state index is 11.0. The van der Waals surface area contributed by atoms with Crippen molar-refractivity contribution < 1.29 is 4.79 Å². The molecule has 4 N–H and O–H groups in total. The molecule has 0 radical (unpaired) electrons. The van der Waals surface area contributed by atoms with Gasteiger partial charge in [-0.15, -0.1) is 0 Å². The SMILES string of the molecule is CC(=O)NC1CCN(c2ccnc(NN)c2)C1. The molecule has 1 amide bonds. The van der Waals surface area contributed by atoms with E-state index in [1.165, 1.54) is 0 Å². The van der Waals surface area contributed by atoms with Crippen LogP contribution in [0.25, 0.3) is 0 Å². The second-order valence-corrected chi connectivity index (χ2v) is 4.18. The lowest BCUT2D eigenvalue weighted by Crippen LogP contribution is -2.35. The number of aromatic nitrogens is 1. The molecule has 1 aliphatic rings. The molecular formula is C11H17N5O. The van der Waals surface area contributed by atoms with Crippen LogP contribution in [0.15, 0.2) is 18.3 Å². The number of hydrogen-bond donors (Lipinski definition) is 3. The van der Waals surface area contributed by atoms with Crippen LogP contribution in [-0.4, -0.2) is 30.0 Å². The van der Waals surface area contributed by atoms with E-state index in [0.29, 0.717) is 5.82 Å². The Morgan fingerprint density at radius 3 is 3.18 bits per heavy atom. The first-order valence-electron chi connectivity index (χ1n) is 5.64. The van der Waals surface area contributed by atoms with Crippen LogP contribution in [-0.2, 0) is 4.79 Å². The molecule has 1 atom stereocenters. The van der Waals surface area contributed by atoms with Gasteiger partial charge in [0.05, 0.1) is 0 Å². The van der Waals surface area contributed by atoms with E-state index in [2.05, 4.69) is 20.6 Å². The normalized spacial score (nSPS) is 19.2. The average molecular weight is 235 g/mol. The fourth-order valence-electron chi connectivity index (χ4n) is 2.10. The number of nitrogens with zero attached hydrogens (tertiary/aromatic N) is 2. The maximum absolute atomic E-state index is 11.0. The zero-order valence-corrected chi connectivity index (χ0v) is 9.81. The molecule has 0 aromatic carbocycles. The molecule has 1 unspecified atom stereocenters. The Bertz CT molecular complexity index is 409. The highest BCUT2D eigenvalue weighted by atomic mass is 16.1. The number of anilines is 2. The molecule has 17 heavy (non-hydrogen) atoms. The van der Waals surface area contributed by atoms with Crippen LogP contribution in [0.3, 0.4) is 0 Å². The lowest BCUT2D eigenvalue weighted by Gasteiger charge is -2.19. The first-order chi connectivity index (χ1) is 8.19. The van der Waals surface area contributed by atoms with Crippen molar-refractivity contribution in [2.75, 3.05) is 23.4 Å². The Morgan fingerprint density at radius 1 is 1.65 bits per heavy atom. The molecule has 1 aromatic rings. The van der Waals surface area contributed by atoms with Crippen molar-refractivity contribution >= 4 is 17.4 Å². The first-order valence-corrected chi connectivity index (χ1v) is 5.64. The Kier molecular flexibility index (Phi) is 3.43. The summed E-state index contributed by atoms with van der Waals surface area (Å²) >= 11 is 0. The molecule has 0 aliphatic carbocycles. The molecule has 0 bridgehead atoms. The molecule has 92 valence electrons. The zero-order valence-electron chi connectivity index (χ0n) is 9.81. The summed E-state index contributed by atoms with van der Waals surface area (Å²) in [6, 6.07) is 4.07. The highest BCUT2D eigenvalue weighted by molar-refractivity contribution is 5.73. The third-order valence-electron chi connectivity index (χ3n) is 2.85. The Labute approximate surface area is 100 Å². The van der Waals surface area contributed by atoms with Crippen molar-refractivity contribution in [1.29, 1.82) is 0 Å². The largest absolute Gasteiger partial charge is 0.369 e. The quantitative estimate of drug-likeness (QED) is 0.510. The van der Waals surface area contributed by atoms with Crippen LogP contribution in [0.5, 0.6) is 0 Å². The molecule has 1 aliphatic heterocycles. The first kappa shape index (κ1) is 11.7. The van der Waals surface area contributed by atoms with Gasteiger partial charge in [0.2, 0.25) is 5.91 Å². The molecule has 2 heterocycles. The van der Waals surface area contributed by atoms with Crippen molar-refractivity contribution in [2.45, 2.75) is 19.4 Å². The lowest BCUT2D eigenvalue weighted by molar-refractivity contribution is -0.119. The van der Waals surface area contributed by atoms with Crippen LogP contribution in [0, 0.1) is 0 Å². The third kappa shape index (κ3) is 2.85. The molecule has 0 saturated carbocycles. The highest BCUT2D eigenvalue weighted by Gasteiger charge is 2.23. The number of hydrazine groups is 1. The molecule has 1 fully saturated rings. The lowest BCUT2D eigenvalue weighted by atomic mass is 10.2. The van der Waals surface area contributed by atoms with E-state index in [-0.39, 0.29) is 11.9 Å². The Balaban J connectivity index is 2.01. The number of nitrogen functional groups attached to an aromatic ring is 1. The van der Waals surface area contributed by atoms with Gasteiger partial charge >= 0.3 is 0 Å². The van der Waals surface area contributed by atoms with Gasteiger partial charge in [-0.1, -0.05) is 0 Å². The molecule has 6 heteroatoms. The highest BCUT2D eigenvalue weighted by Crippen LogP contribution is 2.21. The van der Waals surface area contributed by atoms with E-state index in [0.717, 1.165) is 25.2 Å². The summed E-state index contributed by atoms with van der Waals surface area (Å²) in [6.45, 7) is 3.30. The minimum absolute atomic E-state index is 0.0240. The number of hydrogen-bond acceptors (Lipinski definition) is 5. The van der Waals surface area contributed by atoms with Crippen molar-refractivity contribution in [3.05, 3.63) is 18.3 Å². The molecular weight excluding hydrogens is 218 g/mol. The van der Waals surface area contributed by atoms with E-state index < -0.39 is 0 Å². The second-order valence-electron chi connectivity index (χ2n) is 4.18. The summed E-state index contributed by atoms with van der Waals surface area (Å²) in [7, 11) is 0. The molecule has 0 spiro atoms. The maximum Gasteiger partial charge on any atom is 0.217 e. The summed E-state index contributed by atoms with van der Waals surface area (Å²) < 4.78 is 0. The average Bonchev–Trinajstić information content (AvgIpc) is 2.77. The van der Waals surface area contributed by atoms with Crippen molar-refractivity contribution in [2.24, 2.45) is 5.84 Å². The summed E-state index contributed by atoms with van der Waals surface area (Å²) in [5.41, 5.74) is 3.60. The smallest absolute Gasteiger partial charge is 0.217 e. The molecule has 1 saturated heterocycles. The van der Waals surface area contributed by atoms with Gasteiger partial charge in [-0.25, -0.2) is 10.8 Å². The van der Waals surface area contributed by atoms with Gasteiger partial charge in [-0.3, -0.25) is 4.79 Å². The fraction of sp³-hybridized carbons (Fsp3) is 0.455. The topological polar surface area (TPSA) is 83.3 Å². The minimum atomic E-state index is 0.0240. The van der Waals surface area contributed by atoms with Crippen LogP contribution in [0.4, 0.5) is 11.5 Å². The van der Waals surface area contributed by atoms with Gasteiger partial charge in [-0.05, 0) is 12.5 Å². The summed E-state index contributed by atoms with van der Waals surface area (Å²) in [4.78, 5) is 17.3. The standard InChI is InChI=1S/C11H17N5O/c1-8(17)14-9-3-5-16(7-9)10-2-4-13-11(6-10)15-12/h2,4,6,9H,3,5,7,12H2,1H3,(H,13,15)(H,14,17). The third-order valence-corrected chi connectivity index (χ3v) is 2.85. The number of nitrogens with two attached hydrogens (primary N) is 1. The Hall–Kier alpha value is -1.82. The zero-order chi connectivity index (χ0) is 12.3. The number of carbonyl (C=O) groups excluding carboxylic acids is 1. The van der Waals surface area contributed by atoms with E-state index in [1.54, 1.807) is 13.1 Å². The number of pyridine rings is 1.